The highest BCUT2D eigenvalue weighted by Crippen LogP contribution is 2.23. The summed E-state index contributed by atoms with van der Waals surface area (Å²) >= 11 is 6.23. The van der Waals surface area contributed by atoms with Crippen LogP contribution in [0.25, 0.3) is 5.82 Å². The van der Waals surface area contributed by atoms with Crippen molar-refractivity contribution in [3.05, 3.63) is 65.2 Å². The van der Waals surface area contributed by atoms with Crippen molar-refractivity contribution < 1.29 is 4.79 Å². The molecule has 1 aliphatic heterocycles. The van der Waals surface area contributed by atoms with Crippen LogP contribution in [0, 0.1) is 13.8 Å². The zero-order valence-corrected chi connectivity index (χ0v) is 17.2. The van der Waals surface area contributed by atoms with Gasteiger partial charge in [-0.3, -0.25) is 0 Å². The number of hydrogen-bond donors (Lipinski definition) is 1. The fourth-order valence-electron chi connectivity index (χ4n) is 3.37. The molecule has 2 aromatic heterocycles. The van der Waals surface area contributed by atoms with Crippen molar-refractivity contribution in [3.8, 4) is 5.82 Å². The molecule has 1 fully saturated rings. The zero-order valence-electron chi connectivity index (χ0n) is 16.5. The highest BCUT2D eigenvalue weighted by atomic mass is 35.5. The molecule has 1 N–H and O–H groups in total. The van der Waals surface area contributed by atoms with Gasteiger partial charge in [-0.15, -0.1) is 0 Å². The van der Waals surface area contributed by atoms with E-state index in [-0.39, 0.29) is 6.03 Å². The monoisotopic (exact) mass is 410 g/mol. The minimum atomic E-state index is -0.137. The number of nitrogens with zero attached hydrogens (tertiary/aromatic N) is 5. The molecule has 8 heteroatoms. The van der Waals surface area contributed by atoms with Crippen LogP contribution in [0.2, 0.25) is 5.02 Å². The number of piperazine rings is 1. The van der Waals surface area contributed by atoms with Gasteiger partial charge in [-0.2, -0.15) is 0 Å². The lowest BCUT2D eigenvalue weighted by molar-refractivity contribution is 0.208. The number of benzene rings is 1. The van der Waals surface area contributed by atoms with E-state index in [1.807, 2.05) is 67.2 Å². The number of nitrogens with one attached hydrogen (secondary N) is 1. The lowest BCUT2D eigenvalue weighted by atomic mass is 10.2. The topological polar surface area (TPSA) is 66.3 Å². The Hall–Kier alpha value is -3.06. The van der Waals surface area contributed by atoms with Crippen molar-refractivity contribution >= 4 is 29.1 Å². The van der Waals surface area contributed by atoms with Crippen LogP contribution in [0.5, 0.6) is 0 Å². The van der Waals surface area contributed by atoms with Crippen LogP contribution in [0.4, 0.5) is 16.3 Å². The van der Waals surface area contributed by atoms with Crippen molar-refractivity contribution in [2.75, 3.05) is 36.4 Å². The number of amides is 2. The summed E-state index contributed by atoms with van der Waals surface area (Å²) in [6.07, 6.45) is 3.92. The van der Waals surface area contributed by atoms with Crippen LogP contribution in [-0.2, 0) is 0 Å². The fourth-order valence-corrected chi connectivity index (χ4v) is 3.65. The van der Waals surface area contributed by atoms with Crippen LogP contribution in [0.1, 0.15) is 11.4 Å². The summed E-state index contributed by atoms with van der Waals surface area (Å²) in [6.45, 7) is 6.49. The van der Waals surface area contributed by atoms with E-state index in [0.29, 0.717) is 36.9 Å². The van der Waals surface area contributed by atoms with E-state index < -0.39 is 0 Å². The predicted octanol–water partition coefficient (Wildman–Crippen LogP) is 3.89. The summed E-state index contributed by atoms with van der Waals surface area (Å²) in [5.74, 6) is 2.44. The molecule has 4 rings (SSSR count). The SMILES string of the molecule is Cc1ccc(NC(=O)N2CCN(c3cc(-n4cccc4)nc(C)n3)CC2)c(Cl)c1. The first kappa shape index (κ1) is 19.3. The number of carbonyl (C=O) groups is 1. The maximum Gasteiger partial charge on any atom is 0.322 e. The van der Waals surface area contributed by atoms with Gasteiger partial charge < -0.3 is 19.7 Å². The number of hydrogen-bond acceptors (Lipinski definition) is 4. The Morgan fingerprint density at radius 1 is 1.00 bits per heavy atom. The Morgan fingerprint density at radius 3 is 2.38 bits per heavy atom. The number of aromatic nitrogens is 3. The molecule has 0 aliphatic carbocycles. The Labute approximate surface area is 174 Å². The number of aryl methyl sites for hydroxylation is 2. The first-order valence-electron chi connectivity index (χ1n) is 9.56. The number of halogens is 1. The second-order valence-corrected chi connectivity index (χ2v) is 7.52. The van der Waals surface area contributed by atoms with E-state index in [1.165, 1.54) is 0 Å². The van der Waals surface area contributed by atoms with Crippen molar-refractivity contribution in [1.82, 2.24) is 19.4 Å². The lowest BCUT2D eigenvalue weighted by Gasteiger charge is -2.35. The van der Waals surface area contributed by atoms with Gasteiger partial charge in [0.15, 0.2) is 0 Å². The summed E-state index contributed by atoms with van der Waals surface area (Å²) in [5, 5.41) is 3.45. The summed E-state index contributed by atoms with van der Waals surface area (Å²) < 4.78 is 1.97. The van der Waals surface area contributed by atoms with E-state index >= 15 is 0 Å². The molecular weight excluding hydrogens is 388 g/mol. The first-order chi connectivity index (χ1) is 14.0. The summed E-state index contributed by atoms with van der Waals surface area (Å²) in [5.41, 5.74) is 1.69. The van der Waals surface area contributed by atoms with Gasteiger partial charge in [0.05, 0.1) is 10.7 Å². The minimum Gasteiger partial charge on any atom is -0.353 e. The standard InChI is InChI=1S/C21H23ClN6O/c1-15-5-6-18(17(22)13-15)25-21(29)28-11-9-27(10-12-28)20-14-19(23-16(2)24-20)26-7-3-4-8-26/h3-8,13-14H,9-12H2,1-2H3,(H,25,29). The molecule has 0 saturated carbocycles. The van der Waals surface area contributed by atoms with Gasteiger partial charge in [0, 0.05) is 44.6 Å². The van der Waals surface area contributed by atoms with Gasteiger partial charge in [-0.05, 0) is 43.7 Å². The number of urea groups is 1. The number of rotatable bonds is 3. The van der Waals surface area contributed by atoms with E-state index in [1.54, 1.807) is 4.90 Å². The van der Waals surface area contributed by atoms with Crippen LogP contribution < -0.4 is 10.2 Å². The highest BCUT2D eigenvalue weighted by Gasteiger charge is 2.23. The van der Waals surface area contributed by atoms with Gasteiger partial charge in [0.2, 0.25) is 0 Å². The van der Waals surface area contributed by atoms with Crippen LogP contribution in [0.3, 0.4) is 0 Å². The average Bonchev–Trinajstić information content (AvgIpc) is 3.25. The molecule has 1 aromatic carbocycles. The quantitative estimate of drug-likeness (QED) is 0.711. The van der Waals surface area contributed by atoms with Gasteiger partial charge >= 0.3 is 6.03 Å². The normalized spacial score (nSPS) is 14.2. The molecule has 1 saturated heterocycles. The summed E-state index contributed by atoms with van der Waals surface area (Å²) in [7, 11) is 0. The Morgan fingerprint density at radius 2 is 1.69 bits per heavy atom. The van der Waals surface area contributed by atoms with Crippen molar-refractivity contribution in [2.24, 2.45) is 0 Å². The van der Waals surface area contributed by atoms with Gasteiger partial charge in [-0.1, -0.05) is 17.7 Å². The highest BCUT2D eigenvalue weighted by molar-refractivity contribution is 6.33. The molecule has 2 amide bonds. The first-order valence-corrected chi connectivity index (χ1v) is 9.93. The molecule has 0 unspecified atom stereocenters. The molecule has 0 atom stereocenters. The Bertz CT molecular complexity index is 1010. The Kier molecular flexibility index (Phi) is 5.40. The van der Waals surface area contributed by atoms with Crippen molar-refractivity contribution in [3.63, 3.8) is 0 Å². The van der Waals surface area contributed by atoms with Crippen LogP contribution in [-0.4, -0.2) is 51.6 Å². The van der Waals surface area contributed by atoms with Crippen LogP contribution >= 0.6 is 11.6 Å². The van der Waals surface area contributed by atoms with E-state index in [4.69, 9.17) is 11.6 Å². The second-order valence-electron chi connectivity index (χ2n) is 7.11. The molecule has 150 valence electrons. The molecule has 1 aliphatic rings. The van der Waals surface area contributed by atoms with Crippen molar-refractivity contribution in [2.45, 2.75) is 13.8 Å². The third kappa shape index (κ3) is 4.35. The van der Waals surface area contributed by atoms with Gasteiger partial charge in [-0.25, -0.2) is 14.8 Å². The van der Waals surface area contributed by atoms with Gasteiger partial charge in [0.1, 0.15) is 17.5 Å². The van der Waals surface area contributed by atoms with Gasteiger partial charge in [0.25, 0.3) is 0 Å². The minimum absolute atomic E-state index is 0.137. The zero-order chi connectivity index (χ0) is 20.4. The van der Waals surface area contributed by atoms with E-state index in [2.05, 4.69) is 20.2 Å². The third-order valence-electron chi connectivity index (χ3n) is 4.94. The fraction of sp³-hybridized carbons (Fsp3) is 0.286. The second kappa shape index (κ2) is 8.13. The number of carbonyl (C=O) groups excluding carboxylic acids is 1. The lowest BCUT2D eigenvalue weighted by Crippen LogP contribution is -2.50. The summed E-state index contributed by atoms with van der Waals surface area (Å²) in [6, 6.07) is 11.4. The maximum atomic E-state index is 12.6. The molecule has 0 bridgehead atoms. The maximum absolute atomic E-state index is 12.6. The molecule has 29 heavy (non-hydrogen) atoms. The van der Waals surface area contributed by atoms with Crippen LogP contribution in [0.15, 0.2) is 48.8 Å². The molecular formula is C21H23ClN6O. The smallest absolute Gasteiger partial charge is 0.322 e. The molecule has 0 spiro atoms. The largest absolute Gasteiger partial charge is 0.353 e. The van der Waals surface area contributed by atoms with E-state index in [9.17, 15) is 4.79 Å². The average molecular weight is 411 g/mol. The van der Waals surface area contributed by atoms with Crippen molar-refractivity contribution in [1.29, 1.82) is 0 Å². The molecule has 0 radical (unpaired) electrons. The molecule has 3 aromatic rings. The predicted molar refractivity (Wildman–Crippen MR) is 115 cm³/mol. The third-order valence-corrected chi connectivity index (χ3v) is 5.25. The molecule has 7 nitrogen and oxygen atoms in total. The van der Waals surface area contributed by atoms with E-state index in [0.717, 1.165) is 23.0 Å². The number of anilines is 2. The molecule has 3 heterocycles. The Balaban J connectivity index is 1.41. The summed E-state index contributed by atoms with van der Waals surface area (Å²) in [4.78, 5) is 25.7.